The molecule has 0 aliphatic carbocycles. The van der Waals surface area contributed by atoms with Gasteiger partial charge in [-0.3, -0.25) is 0 Å². The third-order valence-corrected chi connectivity index (χ3v) is 3.28. The molecule has 2 heteroatoms. The molecule has 2 N–H and O–H groups in total. The smallest absolute Gasteiger partial charge is 0.0542 e. The van der Waals surface area contributed by atoms with Gasteiger partial charge in [-0.15, -0.1) is 0 Å². The van der Waals surface area contributed by atoms with E-state index in [1.54, 1.807) is 0 Å². The van der Waals surface area contributed by atoms with Crippen molar-refractivity contribution < 1.29 is 0 Å². The first kappa shape index (κ1) is 14.4. The fourth-order valence-corrected chi connectivity index (χ4v) is 2.22. The highest BCUT2D eigenvalue weighted by Crippen LogP contribution is 2.15. The molecule has 0 aliphatic rings. The summed E-state index contributed by atoms with van der Waals surface area (Å²) in [6, 6.07) is 17.1. The van der Waals surface area contributed by atoms with E-state index in [1.165, 1.54) is 11.1 Å². The van der Waals surface area contributed by atoms with Gasteiger partial charge in [0.05, 0.1) is 11.4 Å². The number of rotatable bonds is 6. The lowest BCUT2D eigenvalue weighted by Gasteiger charge is -2.12. The summed E-state index contributed by atoms with van der Waals surface area (Å²) in [4.78, 5) is 0. The summed E-state index contributed by atoms with van der Waals surface area (Å²) in [6.45, 7) is 6.65. The van der Waals surface area contributed by atoms with E-state index < -0.39 is 0 Å². The molecule has 2 nitrogen and oxygen atoms in total. The molecule has 2 aromatic carbocycles. The summed E-state index contributed by atoms with van der Waals surface area (Å²) in [7, 11) is 0. The van der Waals surface area contributed by atoms with Gasteiger partial charge < -0.3 is 10.9 Å². The highest BCUT2D eigenvalue weighted by molar-refractivity contribution is 5.53. The Balaban J connectivity index is 1.95. The lowest BCUT2D eigenvalue weighted by molar-refractivity contribution is 0.647. The average Bonchev–Trinajstić information content (AvgIpc) is 2.45. The normalized spacial score (nSPS) is 10.6. The summed E-state index contributed by atoms with van der Waals surface area (Å²) in [5.41, 5.74) is 11.4. The summed E-state index contributed by atoms with van der Waals surface area (Å²) in [6.07, 6.45) is 2.19. The van der Waals surface area contributed by atoms with Crippen LogP contribution in [0.1, 0.15) is 31.9 Å². The van der Waals surface area contributed by atoms with Crippen LogP contribution in [0.5, 0.6) is 0 Å². The van der Waals surface area contributed by atoms with Gasteiger partial charge in [-0.25, -0.2) is 0 Å². The van der Waals surface area contributed by atoms with Gasteiger partial charge in [0.25, 0.3) is 0 Å². The van der Waals surface area contributed by atoms with E-state index in [0.29, 0.717) is 5.92 Å². The van der Waals surface area contributed by atoms with Crippen LogP contribution in [0.3, 0.4) is 0 Å². The maximum atomic E-state index is 3.26. The number of hydrogen-bond acceptors (Lipinski definition) is 2. The van der Waals surface area contributed by atoms with Crippen LogP contribution in [0.2, 0.25) is 0 Å². The van der Waals surface area contributed by atoms with Gasteiger partial charge in [-0.1, -0.05) is 45.0 Å². The maximum absolute atomic E-state index is 3.26. The number of aryl methyl sites for hydroxylation is 1. The molecule has 2 rings (SSSR count). The van der Waals surface area contributed by atoms with Crippen LogP contribution in [0, 0.1) is 5.92 Å². The van der Waals surface area contributed by atoms with Gasteiger partial charge in [0.2, 0.25) is 0 Å². The third kappa shape index (κ3) is 4.30. The molecule has 20 heavy (non-hydrogen) atoms. The minimum atomic E-state index is 0.680. The van der Waals surface area contributed by atoms with Crippen molar-refractivity contribution in [2.45, 2.75) is 33.6 Å². The van der Waals surface area contributed by atoms with Crippen molar-refractivity contribution in [1.82, 2.24) is 0 Å². The van der Waals surface area contributed by atoms with Crippen LogP contribution < -0.4 is 10.9 Å². The molecule has 0 atom stereocenters. The molecule has 0 amide bonds. The second-order valence-electron chi connectivity index (χ2n) is 5.60. The van der Waals surface area contributed by atoms with Crippen molar-refractivity contribution in [2.75, 3.05) is 10.9 Å². The first-order valence-electron chi connectivity index (χ1n) is 7.37. The zero-order valence-corrected chi connectivity index (χ0v) is 12.6. The molecular formula is C18H24N2. The first-order valence-corrected chi connectivity index (χ1v) is 7.37. The molecular weight excluding hydrogens is 244 g/mol. The van der Waals surface area contributed by atoms with Gasteiger partial charge in [-0.2, -0.15) is 0 Å². The Hall–Kier alpha value is -1.96. The molecule has 2 aromatic rings. The van der Waals surface area contributed by atoms with Crippen molar-refractivity contribution in [3.8, 4) is 0 Å². The predicted octanol–water partition coefficient (Wildman–Crippen LogP) is 4.89. The lowest BCUT2D eigenvalue weighted by atomic mass is 10.0. The van der Waals surface area contributed by atoms with Crippen LogP contribution in [-0.2, 0) is 12.8 Å². The summed E-state index contributed by atoms with van der Waals surface area (Å²) in [5, 5.41) is 0. The Kier molecular flexibility index (Phi) is 5.05. The molecule has 0 aromatic heterocycles. The Morgan fingerprint density at radius 1 is 0.850 bits per heavy atom. The topological polar surface area (TPSA) is 24.1 Å². The highest BCUT2D eigenvalue weighted by atomic mass is 15.4. The molecule has 0 bridgehead atoms. The minimum absolute atomic E-state index is 0.680. The van der Waals surface area contributed by atoms with E-state index in [-0.39, 0.29) is 0 Å². The van der Waals surface area contributed by atoms with E-state index in [4.69, 9.17) is 0 Å². The molecule has 0 aliphatic heterocycles. The van der Waals surface area contributed by atoms with Crippen LogP contribution in [0.4, 0.5) is 11.4 Å². The third-order valence-electron chi connectivity index (χ3n) is 3.28. The minimum Gasteiger partial charge on any atom is -0.301 e. The van der Waals surface area contributed by atoms with E-state index >= 15 is 0 Å². The number of anilines is 2. The summed E-state index contributed by atoms with van der Waals surface area (Å²) in [5.74, 6) is 0.680. The zero-order valence-electron chi connectivity index (χ0n) is 12.6. The Morgan fingerprint density at radius 3 is 2.20 bits per heavy atom. The second kappa shape index (κ2) is 6.99. The van der Waals surface area contributed by atoms with Crippen molar-refractivity contribution in [3.63, 3.8) is 0 Å². The van der Waals surface area contributed by atoms with Crippen molar-refractivity contribution in [2.24, 2.45) is 5.92 Å². The molecule has 0 saturated carbocycles. The number of benzene rings is 2. The molecule has 0 spiro atoms. The van der Waals surface area contributed by atoms with Crippen molar-refractivity contribution in [1.29, 1.82) is 0 Å². The predicted molar refractivity (Wildman–Crippen MR) is 88.0 cm³/mol. The molecule has 0 unspecified atom stereocenters. The second-order valence-corrected chi connectivity index (χ2v) is 5.60. The maximum Gasteiger partial charge on any atom is 0.0542 e. The largest absolute Gasteiger partial charge is 0.301 e. The molecule has 0 fully saturated rings. The Labute approximate surface area is 122 Å². The molecule has 0 radical (unpaired) electrons. The van der Waals surface area contributed by atoms with Gasteiger partial charge in [0.15, 0.2) is 0 Å². The van der Waals surface area contributed by atoms with E-state index in [9.17, 15) is 0 Å². The van der Waals surface area contributed by atoms with Crippen LogP contribution in [0.25, 0.3) is 0 Å². The van der Waals surface area contributed by atoms with E-state index in [1.807, 2.05) is 0 Å². The van der Waals surface area contributed by atoms with E-state index in [0.717, 1.165) is 24.2 Å². The number of nitrogens with one attached hydrogen (secondary N) is 2. The monoisotopic (exact) mass is 268 g/mol. The van der Waals surface area contributed by atoms with Gasteiger partial charge in [0.1, 0.15) is 0 Å². The number of hydrogen-bond donors (Lipinski definition) is 2. The number of hydrazine groups is 1. The molecule has 0 saturated heterocycles. The molecule has 0 heterocycles. The zero-order chi connectivity index (χ0) is 14.4. The fraction of sp³-hybridized carbons (Fsp3) is 0.333. The summed E-state index contributed by atoms with van der Waals surface area (Å²) < 4.78 is 0. The standard InChI is InChI=1S/C18H24N2/c1-4-15-8-10-17(11-9-15)19-20-18-7-5-6-16(13-18)12-14(2)3/h5-11,13-14,19-20H,4,12H2,1-3H3. The van der Waals surface area contributed by atoms with Gasteiger partial charge >= 0.3 is 0 Å². The van der Waals surface area contributed by atoms with Crippen LogP contribution in [0.15, 0.2) is 48.5 Å². The SMILES string of the molecule is CCc1ccc(NNc2cccc(CC(C)C)c2)cc1. The van der Waals surface area contributed by atoms with Gasteiger partial charge in [0, 0.05) is 0 Å². The van der Waals surface area contributed by atoms with Crippen LogP contribution >= 0.6 is 0 Å². The quantitative estimate of drug-likeness (QED) is 0.729. The van der Waals surface area contributed by atoms with Crippen molar-refractivity contribution >= 4 is 11.4 Å². The van der Waals surface area contributed by atoms with E-state index in [2.05, 4.69) is 80.2 Å². The highest BCUT2D eigenvalue weighted by Gasteiger charge is 1.99. The Morgan fingerprint density at radius 2 is 1.55 bits per heavy atom. The molecule has 106 valence electrons. The fourth-order valence-electron chi connectivity index (χ4n) is 2.22. The first-order chi connectivity index (χ1) is 9.67. The summed E-state index contributed by atoms with van der Waals surface area (Å²) >= 11 is 0. The Bertz CT molecular complexity index is 529. The average molecular weight is 268 g/mol. The van der Waals surface area contributed by atoms with Crippen LogP contribution in [-0.4, -0.2) is 0 Å². The van der Waals surface area contributed by atoms with Crippen molar-refractivity contribution in [3.05, 3.63) is 59.7 Å². The lowest BCUT2D eigenvalue weighted by Crippen LogP contribution is -2.08. The van der Waals surface area contributed by atoms with Gasteiger partial charge in [-0.05, 0) is 54.2 Å².